The van der Waals surface area contributed by atoms with Gasteiger partial charge in [-0.15, -0.1) is 0 Å². The first-order valence-electron chi connectivity index (χ1n) is 6.77. The highest BCUT2D eigenvalue weighted by atomic mass is 35.5. The maximum absolute atomic E-state index is 12.1. The van der Waals surface area contributed by atoms with Crippen molar-refractivity contribution < 1.29 is 19.1 Å². The Labute approximate surface area is 129 Å². The van der Waals surface area contributed by atoms with Gasteiger partial charge in [-0.25, -0.2) is 0 Å². The normalized spacial score (nSPS) is 10.3. The van der Waals surface area contributed by atoms with Crippen molar-refractivity contribution >= 4 is 23.5 Å². The lowest BCUT2D eigenvalue weighted by Crippen LogP contribution is -2.43. The SMILES string of the molecule is CCOC(=O)CN(C(=O)COc1ccc(Cl)cc1)C(C)C. The molecule has 0 heterocycles. The highest BCUT2D eigenvalue weighted by molar-refractivity contribution is 6.30. The monoisotopic (exact) mass is 313 g/mol. The van der Waals surface area contributed by atoms with E-state index in [0.717, 1.165) is 0 Å². The lowest BCUT2D eigenvalue weighted by atomic mass is 10.3. The molecule has 0 unspecified atom stereocenters. The molecule has 0 spiro atoms. The third kappa shape index (κ3) is 6.04. The van der Waals surface area contributed by atoms with Gasteiger partial charge in [-0.3, -0.25) is 9.59 Å². The van der Waals surface area contributed by atoms with Crippen molar-refractivity contribution in [3.63, 3.8) is 0 Å². The number of hydrogen-bond donors (Lipinski definition) is 0. The van der Waals surface area contributed by atoms with E-state index >= 15 is 0 Å². The summed E-state index contributed by atoms with van der Waals surface area (Å²) < 4.78 is 10.3. The Kier molecular flexibility index (Phi) is 7.02. The van der Waals surface area contributed by atoms with Crippen molar-refractivity contribution in [2.24, 2.45) is 0 Å². The summed E-state index contributed by atoms with van der Waals surface area (Å²) in [7, 11) is 0. The smallest absolute Gasteiger partial charge is 0.325 e. The zero-order chi connectivity index (χ0) is 15.8. The van der Waals surface area contributed by atoms with Gasteiger partial charge in [0.15, 0.2) is 6.61 Å². The summed E-state index contributed by atoms with van der Waals surface area (Å²) in [5.74, 6) is -0.147. The maximum Gasteiger partial charge on any atom is 0.325 e. The standard InChI is InChI=1S/C15H20ClNO4/c1-4-20-15(19)9-17(11(2)3)14(18)10-21-13-7-5-12(16)6-8-13/h5-8,11H,4,9-10H2,1-3H3. The summed E-state index contributed by atoms with van der Waals surface area (Å²) in [6.45, 7) is 5.47. The molecule has 5 nitrogen and oxygen atoms in total. The molecule has 116 valence electrons. The number of esters is 1. The molecule has 0 atom stereocenters. The van der Waals surface area contributed by atoms with Gasteiger partial charge in [-0.1, -0.05) is 11.6 Å². The lowest BCUT2D eigenvalue weighted by Gasteiger charge is -2.25. The fraction of sp³-hybridized carbons (Fsp3) is 0.467. The summed E-state index contributed by atoms with van der Waals surface area (Å²) >= 11 is 5.77. The number of nitrogens with zero attached hydrogens (tertiary/aromatic N) is 1. The molecule has 0 N–H and O–H groups in total. The van der Waals surface area contributed by atoms with Crippen LogP contribution < -0.4 is 4.74 Å². The van der Waals surface area contributed by atoms with E-state index in [1.807, 2.05) is 13.8 Å². The summed E-state index contributed by atoms with van der Waals surface area (Å²) in [6, 6.07) is 6.61. The highest BCUT2D eigenvalue weighted by Gasteiger charge is 2.21. The summed E-state index contributed by atoms with van der Waals surface area (Å²) in [5, 5.41) is 0.597. The van der Waals surface area contributed by atoms with Crippen molar-refractivity contribution in [1.82, 2.24) is 4.90 Å². The predicted octanol–water partition coefficient (Wildman–Crippen LogP) is 2.52. The molecular weight excluding hydrogens is 294 g/mol. The van der Waals surface area contributed by atoms with Crippen LogP contribution in [0.4, 0.5) is 0 Å². The quantitative estimate of drug-likeness (QED) is 0.726. The number of halogens is 1. The molecule has 0 aliphatic carbocycles. The van der Waals surface area contributed by atoms with Crippen molar-refractivity contribution in [2.45, 2.75) is 26.8 Å². The molecule has 0 saturated carbocycles. The van der Waals surface area contributed by atoms with Gasteiger partial charge in [-0.05, 0) is 45.0 Å². The van der Waals surface area contributed by atoms with Gasteiger partial charge in [-0.2, -0.15) is 0 Å². The number of hydrogen-bond acceptors (Lipinski definition) is 4. The molecule has 0 aliphatic rings. The first kappa shape index (κ1) is 17.3. The molecule has 1 amide bonds. The van der Waals surface area contributed by atoms with Gasteiger partial charge in [0.1, 0.15) is 12.3 Å². The Morgan fingerprint density at radius 2 is 1.86 bits per heavy atom. The van der Waals surface area contributed by atoms with Gasteiger partial charge >= 0.3 is 5.97 Å². The second-order valence-corrected chi connectivity index (χ2v) is 5.10. The first-order valence-corrected chi connectivity index (χ1v) is 7.15. The number of benzene rings is 1. The van der Waals surface area contributed by atoms with Gasteiger partial charge in [0, 0.05) is 11.1 Å². The molecule has 1 aromatic carbocycles. The van der Waals surface area contributed by atoms with E-state index < -0.39 is 5.97 Å². The molecule has 0 radical (unpaired) electrons. The number of ether oxygens (including phenoxy) is 2. The summed E-state index contributed by atoms with van der Waals surface area (Å²) in [5.41, 5.74) is 0. The minimum Gasteiger partial charge on any atom is -0.484 e. The van der Waals surface area contributed by atoms with Crippen LogP contribution in [0.2, 0.25) is 5.02 Å². The number of rotatable bonds is 7. The van der Waals surface area contributed by atoms with Gasteiger partial charge in [0.2, 0.25) is 0 Å². The summed E-state index contributed by atoms with van der Waals surface area (Å²) in [4.78, 5) is 25.1. The van der Waals surface area contributed by atoms with Gasteiger partial charge < -0.3 is 14.4 Å². The molecule has 0 saturated heterocycles. The molecule has 1 aromatic rings. The fourth-order valence-electron chi connectivity index (χ4n) is 1.66. The molecule has 1 rings (SSSR count). The van der Waals surface area contributed by atoms with E-state index in [9.17, 15) is 9.59 Å². The number of carbonyl (C=O) groups is 2. The molecule has 0 aromatic heterocycles. The Morgan fingerprint density at radius 1 is 1.24 bits per heavy atom. The van der Waals surface area contributed by atoms with Gasteiger partial charge in [0.05, 0.1) is 6.61 Å². The van der Waals surface area contributed by atoms with Crippen molar-refractivity contribution in [3.8, 4) is 5.75 Å². The Balaban J connectivity index is 2.56. The minimum atomic E-state index is -0.425. The molecular formula is C15H20ClNO4. The van der Waals surface area contributed by atoms with E-state index in [1.54, 1.807) is 31.2 Å². The topological polar surface area (TPSA) is 55.8 Å². The third-order valence-corrected chi connectivity index (χ3v) is 2.98. The zero-order valence-electron chi connectivity index (χ0n) is 12.5. The van der Waals surface area contributed by atoms with Crippen LogP contribution in [-0.4, -0.2) is 42.6 Å². The number of carbonyl (C=O) groups excluding carboxylic acids is 2. The highest BCUT2D eigenvalue weighted by Crippen LogP contribution is 2.15. The van der Waals surface area contributed by atoms with Gasteiger partial charge in [0.25, 0.3) is 5.91 Å². The molecule has 0 bridgehead atoms. The van der Waals surface area contributed by atoms with Crippen LogP contribution in [-0.2, 0) is 14.3 Å². The summed E-state index contributed by atoms with van der Waals surface area (Å²) in [6.07, 6.45) is 0. The largest absolute Gasteiger partial charge is 0.484 e. The van der Waals surface area contributed by atoms with Crippen LogP contribution in [0.5, 0.6) is 5.75 Å². The second kappa shape index (κ2) is 8.52. The molecule has 6 heteroatoms. The Hall–Kier alpha value is -1.75. The fourth-order valence-corrected chi connectivity index (χ4v) is 1.79. The van der Waals surface area contributed by atoms with Crippen molar-refractivity contribution in [2.75, 3.05) is 19.8 Å². The zero-order valence-corrected chi connectivity index (χ0v) is 13.2. The van der Waals surface area contributed by atoms with E-state index in [-0.39, 0.29) is 25.1 Å². The van der Waals surface area contributed by atoms with E-state index in [4.69, 9.17) is 21.1 Å². The van der Waals surface area contributed by atoms with Crippen LogP contribution in [0.25, 0.3) is 0 Å². The average Bonchev–Trinajstić information content (AvgIpc) is 2.44. The lowest BCUT2D eigenvalue weighted by molar-refractivity contribution is -0.150. The van der Waals surface area contributed by atoms with Crippen LogP contribution in [0.3, 0.4) is 0 Å². The van der Waals surface area contributed by atoms with Crippen LogP contribution in [0.15, 0.2) is 24.3 Å². The first-order chi connectivity index (χ1) is 9.93. The third-order valence-electron chi connectivity index (χ3n) is 2.72. The molecule has 0 aliphatic heterocycles. The van der Waals surface area contributed by atoms with Crippen LogP contribution >= 0.6 is 11.6 Å². The number of amides is 1. The van der Waals surface area contributed by atoms with E-state index in [2.05, 4.69) is 0 Å². The van der Waals surface area contributed by atoms with Crippen LogP contribution in [0.1, 0.15) is 20.8 Å². The van der Waals surface area contributed by atoms with E-state index in [1.165, 1.54) is 4.90 Å². The van der Waals surface area contributed by atoms with E-state index in [0.29, 0.717) is 17.4 Å². The maximum atomic E-state index is 12.1. The Bertz CT molecular complexity index is 473. The predicted molar refractivity (Wildman–Crippen MR) is 80.4 cm³/mol. The molecule has 0 fully saturated rings. The minimum absolute atomic E-state index is 0.0751. The van der Waals surface area contributed by atoms with Crippen molar-refractivity contribution in [1.29, 1.82) is 0 Å². The Morgan fingerprint density at radius 3 is 2.38 bits per heavy atom. The second-order valence-electron chi connectivity index (χ2n) is 4.66. The van der Waals surface area contributed by atoms with Crippen LogP contribution in [0, 0.1) is 0 Å². The molecule has 21 heavy (non-hydrogen) atoms. The average molecular weight is 314 g/mol. The van der Waals surface area contributed by atoms with Crippen molar-refractivity contribution in [3.05, 3.63) is 29.3 Å².